The summed E-state index contributed by atoms with van der Waals surface area (Å²) in [6, 6.07) is 7.97. The minimum absolute atomic E-state index is 0.0606. The van der Waals surface area contributed by atoms with Crippen molar-refractivity contribution in [1.82, 2.24) is 9.88 Å². The van der Waals surface area contributed by atoms with Crippen LogP contribution in [-0.2, 0) is 0 Å². The lowest BCUT2D eigenvalue weighted by Crippen LogP contribution is -2.33. The Labute approximate surface area is 147 Å². The van der Waals surface area contributed by atoms with Crippen LogP contribution in [0.3, 0.4) is 0 Å². The summed E-state index contributed by atoms with van der Waals surface area (Å²) >= 11 is 11.5. The Morgan fingerprint density at radius 1 is 1.45 bits per heavy atom. The summed E-state index contributed by atoms with van der Waals surface area (Å²) < 4.78 is 1.03. The van der Waals surface area contributed by atoms with Gasteiger partial charge < -0.3 is 4.90 Å². The van der Waals surface area contributed by atoms with E-state index >= 15 is 0 Å². The number of rotatable bonds is 2. The lowest BCUT2D eigenvalue weighted by Gasteiger charge is -2.33. The molecule has 1 unspecified atom stereocenters. The molecule has 1 aromatic carbocycles. The molecule has 2 heterocycles. The van der Waals surface area contributed by atoms with Gasteiger partial charge in [0.05, 0.1) is 16.6 Å². The van der Waals surface area contributed by atoms with E-state index in [1.807, 2.05) is 24.9 Å². The highest BCUT2D eigenvalue weighted by Gasteiger charge is 2.28. The number of carbonyl (C=O) groups is 1. The maximum atomic E-state index is 12.8. The molecule has 0 saturated heterocycles. The Hall–Kier alpha value is -1.04. The number of carbonyl (C=O) groups excluding carboxylic acids is 1. The fourth-order valence-electron chi connectivity index (χ4n) is 2.63. The van der Waals surface area contributed by atoms with E-state index in [2.05, 4.69) is 33.0 Å². The number of pyridine rings is 1. The molecule has 114 valence electrons. The number of halogens is 2. The summed E-state index contributed by atoms with van der Waals surface area (Å²) in [4.78, 5) is 19.7. The van der Waals surface area contributed by atoms with E-state index in [0.717, 1.165) is 16.6 Å². The van der Waals surface area contributed by atoms with Crippen LogP contribution in [0.25, 0.3) is 0 Å². The quantitative estimate of drug-likeness (QED) is 0.729. The van der Waals surface area contributed by atoms with Crippen molar-refractivity contribution in [2.45, 2.75) is 17.4 Å². The lowest BCUT2D eigenvalue weighted by atomic mass is 10.0. The second-order valence-electron chi connectivity index (χ2n) is 5.11. The topological polar surface area (TPSA) is 33.2 Å². The van der Waals surface area contributed by atoms with Crippen LogP contribution < -0.4 is 0 Å². The van der Waals surface area contributed by atoms with Crippen LogP contribution >= 0.6 is 39.3 Å². The van der Waals surface area contributed by atoms with Crippen LogP contribution in [0.15, 0.2) is 46.0 Å². The minimum atomic E-state index is -0.0739. The molecule has 0 saturated carbocycles. The van der Waals surface area contributed by atoms with Gasteiger partial charge in [0.2, 0.25) is 0 Å². The van der Waals surface area contributed by atoms with Crippen molar-refractivity contribution >= 4 is 45.2 Å². The number of fused-ring (bicyclic) bond motifs is 1. The van der Waals surface area contributed by atoms with Gasteiger partial charge in [0.25, 0.3) is 5.91 Å². The first-order chi connectivity index (χ1) is 10.6. The summed E-state index contributed by atoms with van der Waals surface area (Å²) in [6.07, 6.45) is 4.02. The zero-order valence-corrected chi connectivity index (χ0v) is 15.1. The lowest BCUT2D eigenvalue weighted by molar-refractivity contribution is 0.0724. The maximum Gasteiger partial charge on any atom is 0.255 e. The van der Waals surface area contributed by atoms with E-state index in [0.29, 0.717) is 10.6 Å². The molecule has 1 aliphatic heterocycles. The molecule has 1 aliphatic rings. The molecule has 6 heteroatoms. The second kappa shape index (κ2) is 6.60. The van der Waals surface area contributed by atoms with Crippen LogP contribution in [-0.4, -0.2) is 28.6 Å². The SMILES string of the molecule is CN(C(=O)c1ccncc1Cl)C1CCSc2ccc(Br)cc21. The molecule has 0 bridgehead atoms. The van der Waals surface area contributed by atoms with Crippen LogP contribution in [0, 0.1) is 0 Å². The van der Waals surface area contributed by atoms with Gasteiger partial charge in [0.1, 0.15) is 0 Å². The molecule has 22 heavy (non-hydrogen) atoms. The molecule has 0 N–H and O–H groups in total. The van der Waals surface area contributed by atoms with E-state index in [4.69, 9.17) is 11.6 Å². The molecule has 0 radical (unpaired) electrons. The van der Waals surface area contributed by atoms with Crippen LogP contribution in [0.1, 0.15) is 28.4 Å². The molecule has 3 nitrogen and oxygen atoms in total. The number of amides is 1. The monoisotopic (exact) mass is 396 g/mol. The number of aromatic nitrogens is 1. The third-order valence-electron chi connectivity index (χ3n) is 3.77. The first kappa shape index (κ1) is 15.8. The second-order valence-corrected chi connectivity index (χ2v) is 7.57. The normalized spacial score (nSPS) is 17.0. The van der Waals surface area contributed by atoms with Crippen molar-refractivity contribution in [1.29, 1.82) is 0 Å². The predicted octanol–water partition coefficient (Wildman–Crippen LogP) is 4.81. The van der Waals surface area contributed by atoms with Gasteiger partial charge >= 0.3 is 0 Å². The van der Waals surface area contributed by atoms with Gasteiger partial charge in [-0.05, 0) is 36.2 Å². The Morgan fingerprint density at radius 3 is 3.05 bits per heavy atom. The number of thioether (sulfide) groups is 1. The number of nitrogens with zero attached hydrogens (tertiary/aromatic N) is 2. The van der Waals surface area contributed by atoms with E-state index in [-0.39, 0.29) is 11.9 Å². The Kier molecular flexibility index (Phi) is 4.76. The molecule has 1 aromatic heterocycles. The highest BCUT2D eigenvalue weighted by atomic mass is 79.9. The van der Waals surface area contributed by atoms with E-state index in [1.54, 1.807) is 17.2 Å². The number of benzene rings is 1. The van der Waals surface area contributed by atoms with Gasteiger partial charge in [-0.3, -0.25) is 9.78 Å². The fourth-order valence-corrected chi connectivity index (χ4v) is 4.30. The minimum Gasteiger partial charge on any atom is -0.335 e. The van der Waals surface area contributed by atoms with Crippen molar-refractivity contribution in [3.8, 4) is 0 Å². The third-order valence-corrected chi connectivity index (χ3v) is 5.69. The largest absolute Gasteiger partial charge is 0.335 e. The highest BCUT2D eigenvalue weighted by molar-refractivity contribution is 9.10. The fraction of sp³-hybridized carbons (Fsp3) is 0.250. The first-order valence-corrected chi connectivity index (χ1v) is 9.02. The molecule has 2 aromatic rings. The van der Waals surface area contributed by atoms with Gasteiger partial charge in [-0.2, -0.15) is 0 Å². The molecule has 1 atom stereocenters. The Bertz CT molecular complexity index is 725. The van der Waals surface area contributed by atoms with Gasteiger partial charge in [0, 0.05) is 34.6 Å². The number of hydrogen-bond donors (Lipinski definition) is 0. The Morgan fingerprint density at radius 2 is 2.27 bits per heavy atom. The standard InChI is InChI=1S/C16H14BrClN2OS/c1-20(16(21)11-4-6-19-9-13(11)18)14-5-7-22-15-3-2-10(17)8-12(14)15/h2-4,6,8-9,14H,5,7H2,1H3. The number of hydrogen-bond acceptors (Lipinski definition) is 3. The first-order valence-electron chi connectivity index (χ1n) is 6.87. The van der Waals surface area contributed by atoms with Gasteiger partial charge in [0.15, 0.2) is 0 Å². The molecule has 0 aliphatic carbocycles. The van der Waals surface area contributed by atoms with E-state index in [9.17, 15) is 4.79 Å². The van der Waals surface area contributed by atoms with Crippen LogP contribution in [0.4, 0.5) is 0 Å². The van der Waals surface area contributed by atoms with Crippen LogP contribution in [0.2, 0.25) is 5.02 Å². The zero-order valence-electron chi connectivity index (χ0n) is 11.9. The average Bonchev–Trinajstić information content (AvgIpc) is 2.53. The zero-order chi connectivity index (χ0) is 15.7. The van der Waals surface area contributed by atoms with Crippen LogP contribution in [0.5, 0.6) is 0 Å². The van der Waals surface area contributed by atoms with E-state index < -0.39 is 0 Å². The molecular formula is C16H14BrClN2OS. The van der Waals surface area contributed by atoms with Crippen molar-refractivity contribution in [2.75, 3.05) is 12.8 Å². The highest BCUT2D eigenvalue weighted by Crippen LogP contribution is 2.40. The average molecular weight is 398 g/mol. The molecule has 0 fully saturated rings. The van der Waals surface area contributed by atoms with Gasteiger partial charge in [-0.15, -0.1) is 11.8 Å². The summed E-state index contributed by atoms with van der Waals surface area (Å²) in [5.74, 6) is 0.927. The molecule has 0 spiro atoms. The smallest absolute Gasteiger partial charge is 0.255 e. The summed E-state index contributed by atoms with van der Waals surface area (Å²) in [5.41, 5.74) is 1.68. The van der Waals surface area contributed by atoms with Crippen molar-refractivity contribution < 1.29 is 4.79 Å². The Balaban J connectivity index is 1.94. The summed E-state index contributed by atoms with van der Waals surface area (Å²) in [5, 5.41) is 0.388. The maximum absolute atomic E-state index is 12.8. The molecule has 1 amide bonds. The molecule has 3 rings (SSSR count). The van der Waals surface area contributed by atoms with Crippen molar-refractivity contribution in [2.24, 2.45) is 0 Å². The predicted molar refractivity (Wildman–Crippen MR) is 93.6 cm³/mol. The summed E-state index contributed by atoms with van der Waals surface area (Å²) in [7, 11) is 1.84. The molecular weight excluding hydrogens is 384 g/mol. The van der Waals surface area contributed by atoms with Crippen molar-refractivity contribution in [3.05, 3.63) is 57.3 Å². The van der Waals surface area contributed by atoms with Crippen molar-refractivity contribution in [3.63, 3.8) is 0 Å². The van der Waals surface area contributed by atoms with Gasteiger partial charge in [-0.1, -0.05) is 27.5 Å². The van der Waals surface area contributed by atoms with Gasteiger partial charge in [-0.25, -0.2) is 0 Å². The summed E-state index contributed by atoms with van der Waals surface area (Å²) in [6.45, 7) is 0. The van der Waals surface area contributed by atoms with E-state index in [1.165, 1.54) is 16.7 Å². The third kappa shape index (κ3) is 3.03.